The first kappa shape index (κ1) is 20.1. The van der Waals surface area contributed by atoms with Gasteiger partial charge in [-0.3, -0.25) is 14.7 Å². The van der Waals surface area contributed by atoms with E-state index in [-0.39, 0.29) is 11.8 Å². The molecule has 0 spiro atoms. The van der Waals surface area contributed by atoms with Gasteiger partial charge in [-0.05, 0) is 54.8 Å². The summed E-state index contributed by atoms with van der Waals surface area (Å²) in [5.41, 5.74) is 6.08. The predicted octanol–water partition coefficient (Wildman–Crippen LogP) is 4.85. The largest absolute Gasteiger partial charge is 0.321 e. The van der Waals surface area contributed by atoms with Gasteiger partial charge in [-0.1, -0.05) is 26.0 Å². The van der Waals surface area contributed by atoms with Crippen molar-refractivity contribution in [3.8, 4) is 17.1 Å². The van der Waals surface area contributed by atoms with Crippen LogP contribution in [0.1, 0.15) is 42.3 Å². The fourth-order valence-electron chi connectivity index (χ4n) is 4.19. The third-order valence-electron chi connectivity index (χ3n) is 5.87. The van der Waals surface area contributed by atoms with E-state index >= 15 is 0 Å². The Morgan fingerprint density at radius 1 is 1.03 bits per heavy atom. The van der Waals surface area contributed by atoms with E-state index in [1.165, 1.54) is 5.69 Å². The van der Waals surface area contributed by atoms with Gasteiger partial charge in [-0.2, -0.15) is 0 Å². The number of pyridine rings is 1. The normalized spacial score (nSPS) is 13.1. The van der Waals surface area contributed by atoms with E-state index in [2.05, 4.69) is 65.6 Å². The number of aryl methyl sites for hydroxylation is 1. The van der Waals surface area contributed by atoms with Crippen LogP contribution in [0, 0.1) is 6.92 Å². The average molecular weight is 424 g/mol. The molecule has 0 aliphatic carbocycles. The van der Waals surface area contributed by atoms with Gasteiger partial charge in [-0.15, -0.1) is 0 Å². The van der Waals surface area contributed by atoms with Gasteiger partial charge in [-0.25, -0.2) is 9.97 Å². The van der Waals surface area contributed by atoms with E-state index < -0.39 is 0 Å². The lowest BCUT2D eigenvalue weighted by Gasteiger charge is -2.18. The van der Waals surface area contributed by atoms with Crippen LogP contribution in [0.2, 0.25) is 0 Å². The van der Waals surface area contributed by atoms with Crippen LogP contribution in [0.5, 0.6) is 0 Å². The number of carbonyl (C=O) groups is 1. The summed E-state index contributed by atoms with van der Waals surface area (Å²) in [6.45, 7) is 6.77. The monoisotopic (exact) mass is 423 g/mol. The highest BCUT2D eigenvalue weighted by Crippen LogP contribution is 2.32. The molecule has 0 unspecified atom stereocenters. The summed E-state index contributed by atoms with van der Waals surface area (Å²) in [6, 6.07) is 16.3. The number of benzene rings is 1. The van der Waals surface area contributed by atoms with E-state index in [0.29, 0.717) is 24.6 Å². The molecule has 3 aromatic heterocycles. The molecule has 0 N–H and O–H groups in total. The Balaban J connectivity index is 1.45. The Labute approximate surface area is 187 Å². The molecule has 0 saturated heterocycles. The topological polar surface area (TPSA) is 63.9 Å². The molecule has 0 bridgehead atoms. The molecule has 6 heteroatoms. The second kappa shape index (κ2) is 8.04. The van der Waals surface area contributed by atoms with E-state index in [4.69, 9.17) is 4.98 Å². The summed E-state index contributed by atoms with van der Waals surface area (Å²) in [7, 11) is 0. The zero-order valence-electron chi connectivity index (χ0n) is 18.5. The van der Waals surface area contributed by atoms with Crippen molar-refractivity contribution in [1.82, 2.24) is 19.5 Å². The number of fused-ring (bicyclic) bond motifs is 1. The van der Waals surface area contributed by atoms with Gasteiger partial charge in [0, 0.05) is 41.1 Å². The van der Waals surface area contributed by atoms with Gasteiger partial charge in [0.15, 0.2) is 5.82 Å². The maximum atomic E-state index is 12.8. The highest BCUT2D eigenvalue weighted by atomic mass is 16.2. The van der Waals surface area contributed by atoms with Crippen molar-refractivity contribution >= 4 is 11.7 Å². The Morgan fingerprint density at radius 3 is 2.56 bits per heavy atom. The minimum Gasteiger partial charge on any atom is -0.321 e. The van der Waals surface area contributed by atoms with Gasteiger partial charge >= 0.3 is 0 Å². The van der Waals surface area contributed by atoms with Crippen molar-refractivity contribution < 1.29 is 4.79 Å². The summed E-state index contributed by atoms with van der Waals surface area (Å²) in [4.78, 5) is 28.5. The Hall–Kier alpha value is -3.80. The van der Waals surface area contributed by atoms with Crippen LogP contribution in [0.25, 0.3) is 17.1 Å². The smallest absolute Gasteiger partial charge is 0.233 e. The third-order valence-corrected chi connectivity index (χ3v) is 5.87. The fraction of sp³-hybridized carbons (Fsp3) is 0.231. The van der Waals surface area contributed by atoms with E-state index in [1.54, 1.807) is 17.3 Å². The maximum absolute atomic E-state index is 12.8. The van der Waals surface area contributed by atoms with Gasteiger partial charge in [0.2, 0.25) is 5.91 Å². The first-order valence-corrected chi connectivity index (χ1v) is 10.9. The number of nitrogens with zero attached hydrogens (tertiary/aromatic N) is 5. The van der Waals surface area contributed by atoms with Gasteiger partial charge in [0.05, 0.1) is 18.7 Å². The summed E-state index contributed by atoms with van der Waals surface area (Å²) < 4.78 is 2.14. The van der Waals surface area contributed by atoms with Crippen molar-refractivity contribution in [2.75, 3.05) is 4.90 Å². The van der Waals surface area contributed by atoms with Crippen molar-refractivity contribution in [1.29, 1.82) is 0 Å². The zero-order valence-corrected chi connectivity index (χ0v) is 18.5. The van der Waals surface area contributed by atoms with Crippen LogP contribution in [-0.4, -0.2) is 25.4 Å². The molecule has 160 valence electrons. The molecule has 4 aromatic rings. The quantitative estimate of drug-likeness (QED) is 0.460. The van der Waals surface area contributed by atoms with Crippen LogP contribution < -0.4 is 4.90 Å². The molecule has 1 aliphatic heterocycles. The van der Waals surface area contributed by atoms with Gasteiger partial charge < -0.3 is 4.57 Å². The lowest BCUT2D eigenvalue weighted by Crippen LogP contribution is -2.26. The average Bonchev–Trinajstić information content (AvgIpc) is 3.36. The SMILES string of the molecule is Cc1cccn1-c1ccc(CN2C(=O)Cc3cnc(-c4cccnc4C(C)C)nc32)cc1. The molecule has 1 aromatic carbocycles. The standard InChI is InChI=1S/C26H25N5O/c1-17(2)24-22(7-4-12-27-24)25-28-15-20-14-23(32)31(26(20)29-25)16-19-8-10-21(11-9-19)30-13-5-6-18(30)3/h4-13,15,17H,14,16H2,1-3H3. The molecule has 5 rings (SSSR count). The van der Waals surface area contributed by atoms with E-state index in [1.807, 2.05) is 24.4 Å². The number of rotatable bonds is 5. The minimum atomic E-state index is 0.0482. The van der Waals surface area contributed by atoms with E-state index in [0.717, 1.165) is 28.1 Å². The van der Waals surface area contributed by atoms with Crippen LogP contribution in [-0.2, 0) is 17.8 Å². The summed E-state index contributed by atoms with van der Waals surface area (Å²) in [5, 5.41) is 0. The zero-order chi connectivity index (χ0) is 22.2. The minimum absolute atomic E-state index is 0.0482. The van der Waals surface area contributed by atoms with Gasteiger partial charge in [0.1, 0.15) is 5.82 Å². The van der Waals surface area contributed by atoms with Crippen LogP contribution in [0.3, 0.4) is 0 Å². The number of aromatic nitrogens is 4. The molecule has 0 fully saturated rings. The Kier molecular flexibility index (Phi) is 5.05. The molecule has 0 atom stereocenters. The molecule has 0 saturated carbocycles. The summed E-state index contributed by atoms with van der Waals surface area (Å²) in [5.74, 6) is 1.61. The molecule has 1 aliphatic rings. The highest BCUT2D eigenvalue weighted by Gasteiger charge is 2.30. The van der Waals surface area contributed by atoms with Crippen LogP contribution >= 0.6 is 0 Å². The maximum Gasteiger partial charge on any atom is 0.233 e. The van der Waals surface area contributed by atoms with Crippen molar-refractivity contribution in [3.05, 3.63) is 89.6 Å². The van der Waals surface area contributed by atoms with Crippen LogP contribution in [0.4, 0.5) is 5.82 Å². The highest BCUT2D eigenvalue weighted by molar-refractivity contribution is 6.00. The fourth-order valence-corrected chi connectivity index (χ4v) is 4.19. The van der Waals surface area contributed by atoms with Crippen molar-refractivity contribution in [2.45, 2.75) is 39.7 Å². The number of anilines is 1. The lowest BCUT2D eigenvalue weighted by molar-refractivity contribution is -0.117. The predicted molar refractivity (Wildman–Crippen MR) is 125 cm³/mol. The summed E-state index contributed by atoms with van der Waals surface area (Å²) >= 11 is 0. The third kappa shape index (κ3) is 3.58. The first-order valence-electron chi connectivity index (χ1n) is 10.9. The molecule has 4 heterocycles. The molecular formula is C26H25N5O. The molecule has 6 nitrogen and oxygen atoms in total. The molecule has 32 heavy (non-hydrogen) atoms. The second-order valence-corrected chi connectivity index (χ2v) is 8.48. The number of hydrogen-bond acceptors (Lipinski definition) is 4. The van der Waals surface area contributed by atoms with Gasteiger partial charge in [0.25, 0.3) is 0 Å². The molecule has 1 amide bonds. The lowest BCUT2D eigenvalue weighted by atomic mass is 10.0. The number of carbonyl (C=O) groups excluding carboxylic acids is 1. The second-order valence-electron chi connectivity index (χ2n) is 8.48. The molecule has 0 radical (unpaired) electrons. The van der Waals surface area contributed by atoms with Crippen LogP contribution in [0.15, 0.2) is 67.1 Å². The Bertz CT molecular complexity index is 1290. The van der Waals surface area contributed by atoms with E-state index in [9.17, 15) is 4.79 Å². The van der Waals surface area contributed by atoms with Crippen molar-refractivity contribution in [3.63, 3.8) is 0 Å². The number of hydrogen-bond donors (Lipinski definition) is 0. The number of amides is 1. The van der Waals surface area contributed by atoms with Crippen molar-refractivity contribution in [2.24, 2.45) is 0 Å². The summed E-state index contributed by atoms with van der Waals surface area (Å²) in [6.07, 6.45) is 5.96. The molecular weight excluding hydrogens is 398 g/mol. The Morgan fingerprint density at radius 2 is 1.84 bits per heavy atom. The first-order chi connectivity index (χ1) is 15.5.